The van der Waals surface area contributed by atoms with Crippen molar-refractivity contribution in [3.05, 3.63) is 35.9 Å². The van der Waals surface area contributed by atoms with Crippen LogP contribution in [0.15, 0.2) is 30.3 Å². The fourth-order valence-electron chi connectivity index (χ4n) is 3.26. The molecule has 0 radical (unpaired) electrons. The van der Waals surface area contributed by atoms with E-state index in [-0.39, 0.29) is 18.3 Å². The van der Waals surface area contributed by atoms with Gasteiger partial charge in [-0.25, -0.2) is 0 Å². The molecule has 2 bridgehead atoms. The van der Waals surface area contributed by atoms with E-state index >= 15 is 0 Å². The summed E-state index contributed by atoms with van der Waals surface area (Å²) >= 11 is 0. The van der Waals surface area contributed by atoms with Crippen LogP contribution in [0.1, 0.15) is 36.0 Å². The third kappa shape index (κ3) is 2.47. The van der Waals surface area contributed by atoms with Gasteiger partial charge in [0, 0.05) is 11.6 Å². The average molecular weight is 252 g/mol. The number of nitrogens with one attached hydrogen (secondary N) is 1. The Kier molecular flexibility index (Phi) is 3.72. The predicted molar refractivity (Wildman–Crippen MR) is 70.4 cm³/mol. The maximum Gasteiger partial charge on any atom is 0.251 e. The van der Waals surface area contributed by atoms with Gasteiger partial charge >= 0.3 is 0 Å². The first-order valence-corrected chi connectivity index (χ1v) is 6.19. The molecule has 2 saturated carbocycles. The molecule has 0 spiro atoms. The molecule has 2 aliphatic rings. The molecule has 1 aromatic rings. The summed E-state index contributed by atoms with van der Waals surface area (Å²) in [4.78, 5) is 12.0. The normalized spacial score (nSPS) is 29.8. The zero-order valence-corrected chi connectivity index (χ0v) is 10.6. The van der Waals surface area contributed by atoms with Gasteiger partial charge in [0.25, 0.3) is 5.91 Å². The molecule has 1 aromatic carbocycles. The van der Waals surface area contributed by atoms with Crippen molar-refractivity contribution in [1.82, 2.24) is 5.32 Å². The van der Waals surface area contributed by atoms with Gasteiger partial charge in [0.2, 0.25) is 0 Å². The molecule has 3 heteroatoms. The Morgan fingerprint density at radius 1 is 1.12 bits per heavy atom. The van der Waals surface area contributed by atoms with Crippen molar-refractivity contribution in [2.45, 2.75) is 31.7 Å². The minimum absolute atomic E-state index is 0. The lowest BCUT2D eigenvalue weighted by Gasteiger charge is -2.22. The standard InChI is InChI=1S/C14H17NO.ClH/c16-14(11-4-2-1-3-5-11)15-13-9-10-6-7-12(13)8-10;/h1-5,10,12-13H,6-9H2,(H,15,16);1H. The second-order valence-electron chi connectivity index (χ2n) is 5.12. The fourth-order valence-corrected chi connectivity index (χ4v) is 3.26. The van der Waals surface area contributed by atoms with E-state index in [2.05, 4.69) is 5.32 Å². The first kappa shape index (κ1) is 12.4. The third-order valence-corrected chi connectivity index (χ3v) is 4.09. The highest BCUT2D eigenvalue weighted by Crippen LogP contribution is 2.44. The first-order chi connectivity index (χ1) is 7.83. The highest BCUT2D eigenvalue weighted by molar-refractivity contribution is 5.94. The molecule has 92 valence electrons. The SMILES string of the molecule is Cl.O=C(NC1CC2CCC1C2)c1ccccc1. The van der Waals surface area contributed by atoms with Crippen molar-refractivity contribution in [3.8, 4) is 0 Å². The summed E-state index contributed by atoms with van der Waals surface area (Å²) in [6.07, 6.45) is 5.22. The number of carbonyl (C=O) groups excluding carboxylic acids is 1. The zero-order chi connectivity index (χ0) is 11.0. The molecule has 3 rings (SSSR count). The first-order valence-electron chi connectivity index (χ1n) is 6.19. The highest BCUT2D eigenvalue weighted by Gasteiger charge is 2.40. The molecule has 2 fully saturated rings. The molecule has 1 N–H and O–H groups in total. The van der Waals surface area contributed by atoms with E-state index in [1.165, 1.54) is 25.7 Å². The van der Waals surface area contributed by atoms with Crippen LogP contribution in [0.25, 0.3) is 0 Å². The number of hydrogen-bond donors (Lipinski definition) is 1. The van der Waals surface area contributed by atoms with Crippen LogP contribution < -0.4 is 5.32 Å². The van der Waals surface area contributed by atoms with Gasteiger partial charge < -0.3 is 5.32 Å². The lowest BCUT2D eigenvalue weighted by atomic mass is 9.95. The van der Waals surface area contributed by atoms with Crippen molar-refractivity contribution in [2.24, 2.45) is 11.8 Å². The number of benzene rings is 1. The van der Waals surface area contributed by atoms with Crippen LogP contribution in [0.2, 0.25) is 0 Å². The van der Waals surface area contributed by atoms with Crippen LogP contribution in [-0.4, -0.2) is 11.9 Å². The molecule has 0 heterocycles. The van der Waals surface area contributed by atoms with Crippen LogP contribution in [0, 0.1) is 11.8 Å². The highest BCUT2D eigenvalue weighted by atomic mass is 35.5. The Balaban J connectivity index is 0.00000108. The van der Waals surface area contributed by atoms with Crippen molar-refractivity contribution in [3.63, 3.8) is 0 Å². The number of fused-ring (bicyclic) bond motifs is 2. The molecule has 0 saturated heterocycles. The lowest BCUT2D eigenvalue weighted by Crippen LogP contribution is -2.38. The maximum absolute atomic E-state index is 12.0. The van der Waals surface area contributed by atoms with Crippen LogP contribution in [0.3, 0.4) is 0 Å². The molecule has 0 aliphatic heterocycles. The van der Waals surface area contributed by atoms with Gasteiger partial charge in [-0.1, -0.05) is 24.6 Å². The van der Waals surface area contributed by atoms with Crippen molar-refractivity contribution < 1.29 is 4.79 Å². The van der Waals surface area contributed by atoms with Crippen LogP contribution in [0.5, 0.6) is 0 Å². The van der Waals surface area contributed by atoms with Gasteiger partial charge in [0.1, 0.15) is 0 Å². The van der Waals surface area contributed by atoms with E-state index < -0.39 is 0 Å². The molecule has 3 atom stereocenters. The largest absolute Gasteiger partial charge is 0.349 e. The van der Waals surface area contributed by atoms with E-state index in [0.717, 1.165) is 17.4 Å². The van der Waals surface area contributed by atoms with Gasteiger partial charge in [0.15, 0.2) is 0 Å². The molecule has 17 heavy (non-hydrogen) atoms. The summed E-state index contributed by atoms with van der Waals surface area (Å²) in [5, 5.41) is 3.19. The summed E-state index contributed by atoms with van der Waals surface area (Å²) in [7, 11) is 0. The van der Waals surface area contributed by atoms with E-state index in [9.17, 15) is 4.79 Å². The number of amides is 1. The van der Waals surface area contributed by atoms with E-state index in [1.54, 1.807) is 0 Å². The minimum Gasteiger partial charge on any atom is -0.349 e. The summed E-state index contributed by atoms with van der Waals surface area (Å²) in [5.41, 5.74) is 0.783. The van der Waals surface area contributed by atoms with E-state index in [0.29, 0.717) is 6.04 Å². The van der Waals surface area contributed by atoms with Gasteiger partial charge in [0.05, 0.1) is 0 Å². The van der Waals surface area contributed by atoms with Gasteiger partial charge in [-0.05, 0) is 43.2 Å². The Morgan fingerprint density at radius 2 is 1.88 bits per heavy atom. The lowest BCUT2D eigenvalue weighted by molar-refractivity contribution is 0.0923. The Bertz CT molecular complexity index is 392. The second-order valence-corrected chi connectivity index (χ2v) is 5.12. The van der Waals surface area contributed by atoms with Crippen molar-refractivity contribution in [2.75, 3.05) is 0 Å². The maximum atomic E-state index is 12.0. The Labute approximate surface area is 108 Å². The van der Waals surface area contributed by atoms with Crippen LogP contribution >= 0.6 is 12.4 Å². The second kappa shape index (κ2) is 5.09. The third-order valence-electron chi connectivity index (χ3n) is 4.09. The van der Waals surface area contributed by atoms with Gasteiger partial charge in [-0.15, -0.1) is 12.4 Å². The summed E-state index contributed by atoms with van der Waals surface area (Å²) in [5.74, 6) is 1.72. The molecule has 2 nitrogen and oxygen atoms in total. The Hall–Kier alpha value is -1.02. The average Bonchev–Trinajstić information content (AvgIpc) is 2.92. The van der Waals surface area contributed by atoms with E-state index in [1.807, 2.05) is 30.3 Å². The molecule has 0 aromatic heterocycles. The van der Waals surface area contributed by atoms with Crippen molar-refractivity contribution >= 4 is 18.3 Å². The quantitative estimate of drug-likeness (QED) is 0.860. The minimum atomic E-state index is 0. The van der Waals surface area contributed by atoms with Gasteiger partial charge in [-0.3, -0.25) is 4.79 Å². The monoisotopic (exact) mass is 251 g/mol. The molecular weight excluding hydrogens is 234 g/mol. The van der Waals surface area contributed by atoms with Crippen molar-refractivity contribution in [1.29, 1.82) is 0 Å². The molecule has 1 amide bonds. The molecule has 2 aliphatic carbocycles. The number of halogens is 1. The zero-order valence-electron chi connectivity index (χ0n) is 9.76. The number of carbonyl (C=O) groups is 1. The summed E-state index contributed by atoms with van der Waals surface area (Å²) in [6.45, 7) is 0. The Morgan fingerprint density at radius 3 is 2.47 bits per heavy atom. The smallest absolute Gasteiger partial charge is 0.251 e. The number of rotatable bonds is 2. The van der Waals surface area contributed by atoms with Crippen LogP contribution in [-0.2, 0) is 0 Å². The topological polar surface area (TPSA) is 29.1 Å². The van der Waals surface area contributed by atoms with Gasteiger partial charge in [-0.2, -0.15) is 0 Å². The summed E-state index contributed by atoms with van der Waals surface area (Å²) < 4.78 is 0. The van der Waals surface area contributed by atoms with E-state index in [4.69, 9.17) is 0 Å². The molecular formula is C14H18ClNO. The summed E-state index contributed by atoms with van der Waals surface area (Å²) in [6, 6.07) is 9.96. The number of hydrogen-bond acceptors (Lipinski definition) is 1. The fraction of sp³-hybridized carbons (Fsp3) is 0.500. The predicted octanol–water partition coefficient (Wildman–Crippen LogP) is 3.03. The van der Waals surface area contributed by atoms with Crippen LogP contribution in [0.4, 0.5) is 0 Å². The molecule has 3 unspecified atom stereocenters.